The van der Waals surface area contributed by atoms with Gasteiger partial charge in [-0.2, -0.15) is 0 Å². The summed E-state index contributed by atoms with van der Waals surface area (Å²) in [5.74, 6) is -3.01. The Hall–Kier alpha value is -1.49. The predicted molar refractivity (Wildman–Crippen MR) is 43.6 cm³/mol. The van der Waals surface area contributed by atoms with Crippen LogP contribution in [-0.4, -0.2) is 17.7 Å². The van der Waals surface area contributed by atoms with Gasteiger partial charge in [0.15, 0.2) is 11.6 Å². The lowest BCUT2D eigenvalue weighted by Gasteiger charge is -2.01. The van der Waals surface area contributed by atoms with Gasteiger partial charge in [-0.3, -0.25) is 0 Å². The zero-order chi connectivity index (χ0) is 10.6. The molecular formula is C9H8F2O3. The van der Waals surface area contributed by atoms with E-state index in [1.807, 2.05) is 0 Å². The Morgan fingerprint density at radius 1 is 1.36 bits per heavy atom. The summed E-state index contributed by atoms with van der Waals surface area (Å²) in [4.78, 5) is 10.1. The van der Waals surface area contributed by atoms with Gasteiger partial charge in [0.2, 0.25) is 0 Å². The van der Waals surface area contributed by atoms with Crippen molar-refractivity contribution in [3.63, 3.8) is 0 Å². The highest BCUT2D eigenvalue weighted by molar-refractivity contribution is 5.67. The van der Waals surface area contributed by atoms with E-state index < -0.39 is 24.2 Å². The van der Waals surface area contributed by atoms with Crippen LogP contribution < -0.4 is 0 Å². The van der Waals surface area contributed by atoms with E-state index in [4.69, 9.17) is 5.11 Å². The monoisotopic (exact) mass is 202 g/mol. The van der Waals surface area contributed by atoms with Gasteiger partial charge in [0.05, 0.1) is 6.61 Å². The zero-order valence-corrected chi connectivity index (χ0v) is 7.17. The number of carboxylic acid groups (broad SMARTS) is 1. The van der Waals surface area contributed by atoms with Crippen molar-refractivity contribution in [3.05, 3.63) is 35.4 Å². The highest BCUT2D eigenvalue weighted by atomic mass is 19.2. The van der Waals surface area contributed by atoms with Crippen LogP contribution in [-0.2, 0) is 16.1 Å². The second-order valence-corrected chi connectivity index (χ2v) is 2.63. The number of rotatable bonds is 4. The lowest BCUT2D eigenvalue weighted by atomic mass is 10.2. The average molecular weight is 202 g/mol. The van der Waals surface area contributed by atoms with Gasteiger partial charge in [0.25, 0.3) is 0 Å². The molecule has 0 amide bonds. The first kappa shape index (κ1) is 10.6. The average Bonchev–Trinajstić information content (AvgIpc) is 2.10. The van der Waals surface area contributed by atoms with Crippen LogP contribution in [0.3, 0.4) is 0 Å². The van der Waals surface area contributed by atoms with Gasteiger partial charge >= 0.3 is 5.97 Å². The summed E-state index contributed by atoms with van der Waals surface area (Å²) < 4.78 is 29.7. The molecule has 0 heterocycles. The zero-order valence-electron chi connectivity index (χ0n) is 7.17. The number of hydrogen-bond donors (Lipinski definition) is 1. The summed E-state index contributed by atoms with van der Waals surface area (Å²) in [5, 5.41) is 8.23. The highest BCUT2D eigenvalue weighted by Crippen LogP contribution is 2.09. The molecule has 1 N–H and O–H groups in total. The molecule has 0 fully saturated rings. The molecule has 1 aromatic carbocycles. The maximum absolute atomic E-state index is 12.6. The first-order valence-corrected chi connectivity index (χ1v) is 3.83. The van der Waals surface area contributed by atoms with Gasteiger partial charge in [-0.1, -0.05) is 6.07 Å². The van der Waals surface area contributed by atoms with Crippen molar-refractivity contribution in [2.75, 3.05) is 6.61 Å². The number of aliphatic carboxylic acids is 1. The molecule has 1 rings (SSSR count). The standard InChI is InChI=1S/C9H8F2O3/c10-7-2-1-6(3-8(7)11)4-14-5-9(12)13/h1-3H,4-5H2,(H,12,13). The van der Waals surface area contributed by atoms with Crippen LogP contribution in [0.2, 0.25) is 0 Å². The molecule has 3 nitrogen and oxygen atoms in total. The van der Waals surface area contributed by atoms with E-state index >= 15 is 0 Å². The van der Waals surface area contributed by atoms with Crippen molar-refractivity contribution in [1.29, 1.82) is 0 Å². The Balaban J connectivity index is 2.51. The summed E-state index contributed by atoms with van der Waals surface area (Å²) in [6.07, 6.45) is 0. The number of hydrogen-bond acceptors (Lipinski definition) is 2. The summed E-state index contributed by atoms with van der Waals surface area (Å²) in [5.41, 5.74) is 0.394. The van der Waals surface area contributed by atoms with E-state index in [1.165, 1.54) is 6.07 Å². The minimum absolute atomic E-state index is 0.0521. The second kappa shape index (κ2) is 4.66. The Bertz CT molecular complexity index is 339. The smallest absolute Gasteiger partial charge is 0.329 e. The fourth-order valence-corrected chi connectivity index (χ4v) is 0.886. The van der Waals surface area contributed by atoms with E-state index in [0.717, 1.165) is 12.1 Å². The molecule has 14 heavy (non-hydrogen) atoms. The number of carboxylic acids is 1. The molecule has 1 aromatic rings. The molecule has 5 heteroatoms. The van der Waals surface area contributed by atoms with E-state index in [2.05, 4.69) is 4.74 Å². The first-order chi connectivity index (χ1) is 6.59. The molecule has 0 aromatic heterocycles. The second-order valence-electron chi connectivity index (χ2n) is 2.63. The molecule has 0 radical (unpaired) electrons. The van der Waals surface area contributed by atoms with Crippen molar-refractivity contribution in [3.8, 4) is 0 Å². The van der Waals surface area contributed by atoms with Crippen LogP contribution in [0.15, 0.2) is 18.2 Å². The molecule has 0 aliphatic heterocycles. The maximum Gasteiger partial charge on any atom is 0.329 e. The SMILES string of the molecule is O=C(O)COCc1ccc(F)c(F)c1. The topological polar surface area (TPSA) is 46.5 Å². The number of ether oxygens (including phenoxy) is 1. The van der Waals surface area contributed by atoms with Crippen molar-refractivity contribution >= 4 is 5.97 Å². The summed E-state index contributed by atoms with van der Waals surface area (Å²) in [6.45, 7) is -0.511. The van der Waals surface area contributed by atoms with Crippen LogP contribution in [0.25, 0.3) is 0 Å². The van der Waals surface area contributed by atoms with Gasteiger partial charge in [-0.25, -0.2) is 13.6 Å². The fourth-order valence-electron chi connectivity index (χ4n) is 0.886. The molecule has 0 aliphatic rings. The molecule has 0 spiro atoms. The predicted octanol–water partition coefficient (Wildman–Crippen LogP) is 1.57. The molecular weight excluding hydrogens is 194 g/mol. The van der Waals surface area contributed by atoms with Crippen LogP contribution >= 0.6 is 0 Å². The van der Waals surface area contributed by atoms with Crippen LogP contribution in [0.4, 0.5) is 8.78 Å². The van der Waals surface area contributed by atoms with Crippen molar-refractivity contribution < 1.29 is 23.4 Å². The molecule has 0 atom stereocenters. The van der Waals surface area contributed by atoms with Crippen LogP contribution in [0.1, 0.15) is 5.56 Å². The lowest BCUT2D eigenvalue weighted by Crippen LogP contribution is -2.06. The van der Waals surface area contributed by atoms with E-state index in [-0.39, 0.29) is 6.61 Å². The summed E-state index contributed by atoms with van der Waals surface area (Å²) in [6, 6.07) is 3.27. The van der Waals surface area contributed by atoms with E-state index in [1.54, 1.807) is 0 Å². The van der Waals surface area contributed by atoms with E-state index in [9.17, 15) is 13.6 Å². The molecule has 0 aliphatic carbocycles. The van der Waals surface area contributed by atoms with Gasteiger partial charge < -0.3 is 9.84 Å². The molecule has 0 bridgehead atoms. The quantitative estimate of drug-likeness (QED) is 0.805. The van der Waals surface area contributed by atoms with Crippen LogP contribution in [0.5, 0.6) is 0 Å². The summed E-state index contributed by atoms with van der Waals surface area (Å²) >= 11 is 0. The Morgan fingerprint density at radius 2 is 2.07 bits per heavy atom. The normalized spacial score (nSPS) is 10.1. The minimum Gasteiger partial charge on any atom is -0.480 e. The number of carbonyl (C=O) groups is 1. The molecule has 0 saturated carbocycles. The third-order valence-corrected chi connectivity index (χ3v) is 1.48. The molecule has 0 unspecified atom stereocenters. The van der Waals surface area contributed by atoms with Gasteiger partial charge in [-0.15, -0.1) is 0 Å². The van der Waals surface area contributed by atoms with E-state index in [0.29, 0.717) is 5.56 Å². The first-order valence-electron chi connectivity index (χ1n) is 3.83. The van der Waals surface area contributed by atoms with Gasteiger partial charge in [-0.05, 0) is 17.7 Å². The van der Waals surface area contributed by atoms with Crippen molar-refractivity contribution in [1.82, 2.24) is 0 Å². The maximum atomic E-state index is 12.6. The largest absolute Gasteiger partial charge is 0.480 e. The Morgan fingerprint density at radius 3 is 2.64 bits per heavy atom. The Kier molecular flexibility index (Phi) is 3.53. The Labute approximate surface area is 78.9 Å². The van der Waals surface area contributed by atoms with Crippen LogP contribution in [0, 0.1) is 11.6 Å². The fraction of sp³-hybridized carbons (Fsp3) is 0.222. The lowest BCUT2D eigenvalue weighted by molar-refractivity contribution is -0.142. The number of benzene rings is 1. The third-order valence-electron chi connectivity index (χ3n) is 1.48. The molecule has 76 valence electrons. The van der Waals surface area contributed by atoms with Gasteiger partial charge in [0, 0.05) is 0 Å². The van der Waals surface area contributed by atoms with Gasteiger partial charge in [0.1, 0.15) is 6.61 Å². The number of halogens is 2. The third kappa shape index (κ3) is 3.10. The molecule has 0 saturated heterocycles. The van der Waals surface area contributed by atoms with Crippen molar-refractivity contribution in [2.24, 2.45) is 0 Å². The van der Waals surface area contributed by atoms with Crippen molar-refractivity contribution in [2.45, 2.75) is 6.61 Å². The highest BCUT2D eigenvalue weighted by Gasteiger charge is 2.03. The minimum atomic E-state index is -1.10. The summed E-state index contributed by atoms with van der Waals surface area (Å²) in [7, 11) is 0.